The summed E-state index contributed by atoms with van der Waals surface area (Å²) in [5, 5.41) is 0. The van der Waals surface area contributed by atoms with Gasteiger partial charge in [-0.05, 0) is 32.2 Å². The molecule has 5 nitrogen and oxygen atoms in total. The van der Waals surface area contributed by atoms with E-state index in [1.54, 1.807) is 11.9 Å². The molecule has 1 rings (SSSR count). The third-order valence-corrected chi connectivity index (χ3v) is 2.93. The van der Waals surface area contributed by atoms with Gasteiger partial charge in [0.25, 0.3) is 0 Å². The van der Waals surface area contributed by atoms with Crippen molar-refractivity contribution in [3.05, 3.63) is 0 Å². The van der Waals surface area contributed by atoms with Crippen molar-refractivity contribution in [2.45, 2.75) is 31.8 Å². The van der Waals surface area contributed by atoms with E-state index < -0.39 is 0 Å². The van der Waals surface area contributed by atoms with Crippen molar-refractivity contribution in [2.75, 3.05) is 40.0 Å². The highest BCUT2D eigenvalue weighted by Crippen LogP contribution is 2.12. The minimum atomic E-state index is 0.00857. The molecule has 1 amide bonds. The molecular formula is C12H24N2O3. The fraction of sp³-hybridized carbons (Fsp3) is 0.917. The molecule has 0 bridgehead atoms. The van der Waals surface area contributed by atoms with E-state index in [0.717, 1.165) is 25.9 Å². The van der Waals surface area contributed by atoms with E-state index in [1.807, 2.05) is 0 Å². The summed E-state index contributed by atoms with van der Waals surface area (Å²) in [5.74, 6) is 0.00857. The number of amides is 1. The van der Waals surface area contributed by atoms with Crippen LogP contribution in [0.4, 0.5) is 0 Å². The first-order chi connectivity index (χ1) is 8.24. The Hall–Kier alpha value is -0.650. The monoisotopic (exact) mass is 244 g/mol. The lowest BCUT2D eigenvalue weighted by Crippen LogP contribution is -2.33. The van der Waals surface area contributed by atoms with Gasteiger partial charge >= 0.3 is 0 Å². The third kappa shape index (κ3) is 6.00. The van der Waals surface area contributed by atoms with Crippen molar-refractivity contribution in [1.82, 2.24) is 4.90 Å². The molecule has 0 aromatic rings. The average molecular weight is 244 g/mol. The Morgan fingerprint density at radius 1 is 1.53 bits per heavy atom. The molecule has 5 heteroatoms. The molecular weight excluding hydrogens is 220 g/mol. The predicted octanol–water partition coefficient (Wildman–Crippen LogP) is 0.379. The summed E-state index contributed by atoms with van der Waals surface area (Å²) >= 11 is 0. The number of likely N-dealkylation sites (N-methyl/N-ethyl adjacent to an activating group) is 1. The van der Waals surface area contributed by atoms with Crippen molar-refractivity contribution in [3.63, 3.8) is 0 Å². The summed E-state index contributed by atoms with van der Waals surface area (Å²) in [5.41, 5.74) is 5.39. The normalized spacial score (nSPS) is 20.2. The number of carbonyl (C=O) groups excluding carboxylic acids is 1. The standard InChI is InChI=1S/C12H24N2O3/c1-14(7-4-6-13)12(15)10-16-9-11-5-2-3-8-17-11/h11H,2-10,13H2,1H3. The van der Waals surface area contributed by atoms with Crippen LogP contribution < -0.4 is 5.73 Å². The molecule has 2 N–H and O–H groups in total. The highest BCUT2D eigenvalue weighted by molar-refractivity contribution is 5.77. The van der Waals surface area contributed by atoms with Crippen LogP contribution >= 0.6 is 0 Å². The number of hydrogen-bond donors (Lipinski definition) is 1. The van der Waals surface area contributed by atoms with Crippen LogP contribution in [0.15, 0.2) is 0 Å². The summed E-state index contributed by atoms with van der Waals surface area (Å²) < 4.78 is 10.9. The summed E-state index contributed by atoms with van der Waals surface area (Å²) in [4.78, 5) is 13.3. The van der Waals surface area contributed by atoms with Crippen molar-refractivity contribution < 1.29 is 14.3 Å². The van der Waals surface area contributed by atoms with Gasteiger partial charge in [0, 0.05) is 20.2 Å². The second kappa shape index (κ2) is 8.44. The number of rotatable bonds is 7. The number of nitrogens with zero attached hydrogens (tertiary/aromatic N) is 1. The molecule has 1 aliphatic heterocycles. The van der Waals surface area contributed by atoms with Gasteiger partial charge in [0.05, 0.1) is 12.7 Å². The average Bonchev–Trinajstić information content (AvgIpc) is 2.37. The van der Waals surface area contributed by atoms with Gasteiger partial charge in [0.15, 0.2) is 0 Å². The number of nitrogens with two attached hydrogens (primary N) is 1. The van der Waals surface area contributed by atoms with Crippen LogP contribution in [0.1, 0.15) is 25.7 Å². The molecule has 0 aliphatic carbocycles. The van der Waals surface area contributed by atoms with Crippen LogP contribution in [0.2, 0.25) is 0 Å². The summed E-state index contributed by atoms with van der Waals surface area (Å²) in [6.07, 6.45) is 4.37. The van der Waals surface area contributed by atoms with E-state index in [1.165, 1.54) is 6.42 Å². The van der Waals surface area contributed by atoms with Crippen molar-refractivity contribution in [3.8, 4) is 0 Å². The minimum absolute atomic E-state index is 0.00857. The van der Waals surface area contributed by atoms with Crippen molar-refractivity contribution >= 4 is 5.91 Å². The number of hydrogen-bond acceptors (Lipinski definition) is 4. The van der Waals surface area contributed by atoms with Crippen molar-refractivity contribution in [1.29, 1.82) is 0 Å². The van der Waals surface area contributed by atoms with Gasteiger partial charge in [0.2, 0.25) is 5.91 Å². The first kappa shape index (κ1) is 14.4. The second-order valence-electron chi connectivity index (χ2n) is 4.46. The molecule has 1 atom stereocenters. The van der Waals surface area contributed by atoms with Crippen LogP contribution in [0.3, 0.4) is 0 Å². The predicted molar refractivity (Wildman–Crippen MR) is 65.7 cm³/mol. The lowest BCUT2D eigenvalue weighted by Gasteiger charge is -2.23. The van der Waals surface area contributed by atoms with E-state index in [4.69, 9.17) is 15.2 Å². The van der Waals surface area contributed by atoms with Crippen molar-refractivity contribution in [2.24, 2.45) is 5.73 Å². The fourth-order valence-corrected chi connectivity index (χ4v) is 1.78. The van der Waals surface area contributed by atoms with E-state index in [-0.39, 0.29) is 18.6 Å². The van der Waals surface area contributed by atoms with Gasteiger partial charge in [-0.15, -0.1) is 0 Å². The molecule has 1 saturated heterocycles. The molecule has 1 heterocycles. The van der Waals surface area contributed by atoms with Crippen LogP contribution in [0.25, 0.3) is 0 Å². The van der Waals surface area contributed by atoms with Gasteiger partial charge in [-0.25, -0.2) is 0 Å². The first-order valence-electron chi connectivity index (χ1n) is 6.37. The van der Waals surface area contributed by atoms with Crippen LogP contribution in [0, 0.1) is 0 Å². The molecule has 0 aromatic heterocycles. The van der Waals surface area contributed by atoms with Gasteiger partial charge in [0.1, 0.15) is 6.61 Å². The van der Waals surface area contributed by atoms with Crippen LogP contribution in [0.5, 0.6) is 0 Å². The number of ether oxygens (including phenoxy) is 2. The van der Waals surface area contributed by atoms with Crippen LogP contribution in [-0.4, -0.2) is 56.9 Å². The summed E-state index contributed by atoms with van der Waals surface area (Å²) in [7, 11) is 1.78. The Morgan fingerprint density at radius 3 is 3.00 bits per heavy atom. The Kier molecular flexibility index (Phi) is 7.16. The molecule has 100 valence electrons. The molecule has 0 radical (unpaired) electrons. The fourth-order valence-electron chi connectivity index (χ4n) is 1.78. The lowest BCUT2D eigenvalue weighted by molar-refractivity contribution is -0.136. The third-order valence-electron chi connectivity index (χ3n) is 2.93. The number of carbonyl (C=O) groups is 1. The van der Waals surface area contributed by atoms with E-state index in [2.05, 4.69) is 0 Å². The topological polar surface area (TPSA) is 64.8 Å². The zero-order chi connectivity index (χ0) is 12.5. The van der Waals surface area contributed by atoms with Gasteiger partial charge in [-0.3, -0.25) is 4.79 Å². The summed E-state index contributed by atoms with van der Waals surface area (Å²) in [6.45, 7) is 2.78. The molecule has 0 spiro atoms. The lowest BCUT2D eigenvalue weighted by atomic mass is 10.1. The molecule has 1 unspecified atom stereocenters. The SMILES string of the molecule is CN(CCCN)C(=O)COCC1CCCCO1. The minimum Gasteiger partial charge on any atom is -0.376 e. The Bertz CT molecular complexity index is 218. The second-order valence-corrected chi connectivity index (χ2v) is 4.46. The highest BCUT2D eigenvalue weighted by Gasteiger charge is 2.15. The van der Waals surface area contributed by atoms with E-state index in [0.29, 0.717) is 19.7 Å². The van der Waals surface area contributed by atoms with Gasteiger partial charge in [-0.2, -0.15) is 0 Å². The highest BCUT2D eigenvalue weighted by atomic mass is 16.5. The zero-order valence-electron chi connectivity index (χ0n) is 10.7. The Morgan fingerprint density at radius 2 is 2.35 bits per heavy atom. The molecule has 1 aliphatic rings. The molecule has 1 fully saturated rings. The molecule has 0 aromatic carbocycles. The molecule has 17 heavy (non-hydrogen) atoms. The van der Waals surface area contributed by atoms with Gasteiger partial charge in [-0.1, -0.05) is 0 Å². The Balaban J connectivity index is 2.06. The maximum atomic E-state index is 11.6. The quantitative estimate of drug-likeness (QED) is 0.703. The van der Waals surface area contributed by atoms with E-state index in [9.17, 15) is 4.79 Å². The molecule has 0 saturated carbocycles. The maximum absolute atomic E-state index is 11.6. The smallest absolute Gasteiger partial charge is 0.248 e. The summed E-state index contributed by atoms with van der Waals surface area (Å²) in [6, 6.07) is 0. The zero-order valence-corrected chi connectivity index (χ0v) is 10.7. The van der Waals surface area contributed by atoms with Crippen LogP contribution in [-0.2, 0) is 14.3 Å². The van der Waals surface area contributed by atoms with Gasteiger partial charge < -0.3 is 20.1 Å². The first-order valence-corrected chi connectivity index (χ1v) is 6.37. The largest absolute Gasteiger partial charge is 0.376 e. The maximum Gasteiger partial charge on any atom is 0.248 e. The van der Waals surface area contributed by atoms with E-state index >= 15 is 0 Å². The Labute approximate surface area is 103 Å².